The van der Waals surface area contributed by atoms with Crippen LogP contribution in [0.15, 0.2) is 54.0 Å². The molecule has 1 aromatic heterocycles. The fourth-order valence-corrected chi connectivity index (χ4v) is 3.53. The Morgan fingerprint density at radius 1 is 1.21 bits per heavy atom. The lowest BCUT2D eigenvalue weighted by Crippen LogP contribution is -1.97. The van der Waals surface area contributed by atoms with Gasteiger partial charge in [-0.25, -0.2) is 4.98 Å². The molecule has 0 aliphatic rings. The summed E-state index contributed by atoms with van der Waals surface area (Å²) in [5.41, 5.74) is 5.82. The Kier molecular flexibility index (Phi) is 7.04. The van der Waals surface area contributed by atoms with Crippen LogP contribution in [0.5, 0.6) is 5.75 Å². The standard InChI is InChI=1S/C24H25N3OS/c1-4-5-11-28-22-8-6-7-21(13-22)26-15-20(14-25)24-27-23(16-29-24)19-10-9-17(2)18(3)12-19/h6-10,12-13,15-16,26H,4-5,11H2,1-3H3/b20-15+. The fourth-order valence-electron chi connectivity index (χ4n) is 2.74. The van der Waals surface area contributed by atoms with Gasteiger partial charge in [-0.3, -0.25) is 0 Å². The van der Waals surface area contributed by atoms with Crippen molar-refractivity contribution in [1.82, 2.24) is 4.98 Å². The Morgan fingerprint density at radius 2 is 2.07 bits per heavy atom. The molecular weight excluding hydrogens is 378 g/mol. The molecule has 0 atom stereocenters. The van der Waals surface area contributed by atoms with E-state index in [2.05, 4.69) is 55.3 Å². The van der Waals surface area contributed by atoms with Gasteiger partial charge in [0.25, 0.3) is 0 Å². The summed E-state index contributed by atoms with van der Waals surface area (Å²) in [5.74, 6) is 0.821. The highest BCUT2D eigenvalue weighted by atomic mass is 32.1. The number of thiazole rings is 1. The largest absolute Gasteiger partial charge is 0.494 e. The molecule has 0 saturated heterocycles. The summed E-state index contributed by atoms with van der Waals surface area (Å²) in [5, 5.41) is 15.5. The van der Waals surface area contributed by atoms with Crippen molar-refractivity contribution in [3.63, 3.8) is 0 Å². The topological polar surface area (TPSA) is 57.9 Å². The summed E-state index contributed by atoms with van der Waals surface area (Å²) < 4.78 is 5.74. The third-order valence-electron chi connectivity index (χ3n) is 4.64. The molecule has 0 fully saturated rings. The lowest BCUT2D eigenvalue weighted by atomic mass is 10.1. The summed E-state index contributed by atoms with van der Waals surface area (Å²) in [4.78, 5) is 4.67. The predicted molar refractivity (Wildman–Crippen MR) is 121 cm³/mol. The summed E-state index contributed by atoms with van der Waals surface area (Å²) in [6.07, 6.45) is 3.83. The van der Waals surface area contributed by atoms with Crippen LogP contribution in [-0.2, 0) is 0 Å². The van der Waals surface area contributed by atoms with E-state index in [-0.39, 0.29) is 0 Å². The monoisotopic (exact) mass is 403 g/mol. The van der Waals surface area contributed by atoms with E-state index >= 15 is 0 Å². The maximum absolute atomic E-state index is 9.60. The molecule has 3 rings (SSSR count). The highest BCUT2D eigenvalue weighted by Crippen LogP contribution is 2.27. The molecular formula is C24H25N3OS. The van der Waals surface area contributed by atoms with Gasteiger partial charge in [0.1, 0.15) is 22.4 Å². The third-order valence-corrected chi connectivity index (χ3v) is 5.52. The number of nitrogens with zero attached hydrogens (tertiary/aromatic N) is 2. The number of nitrogens with one attached hydrogen (secondary N) is 1. The van der Waals surface area contributed by atoms with Gasteiger partial charge >= 0.3 is 0 Å². The smallest absolute Gasteiger partial charge is 0.136 e. The molecule has 0 spiro atoms. The van der Waals surface area contributed by atoms with E-state index in [1.165, 1.54) is 22.5 Å². The minimum atomic E-state index is 0.502. The second-order valence-corrected chi connectivity index (χ2v) is 7.74. The van der Waals surface area contributed by atoms with Gasteiger partial charge in [0.05, 0.1) is 12.3 Å². The van der Waals surface area contributed by atoms with Crippen molar-refractivity contribution >= 4 is 22.6 Å². The third kappa shape index (κ3) is 5.46. The highest BCUT2D eigenvalue weighted by Gasteiger charge is 2.10. The van der Waals surface area contributed by atoms with Gasteiger partial charge in [-0.05, 0) is 49.6 Å². The van der Waals surface area contributed by atoms with Gasteiger partial charge in [0.15, 0.2) is 0 Å². The minimum Gasteiger partial charge on any atom is -0.494 e. The maximum Gasteiger partial charge on any atom is 0.136 e. The molecule has 0 aliphatic heterocycles. The molecule has 4 nitrogen and oxygen atoms in total. The van der Waals surface area contributed by atoms with Crippen molar-refractivity contribution < 1.29 is 4.74 Å². The van der Waals surface area contributed by atoms with Gasteiger partial charge in [0, 0.05) is 28.9 Å². The van der Waals surface area contributed by atoms with Gasteiger partial charge in [-0.15, -0.1) is 11.3 Å². The molecule has 0 amide bonds. The minimum absolute atomic E-state index is 0.502. The zero-order valence-electron chi connectivity index (χ0n) is 17.0. The zero-order chi connectivity index (χ0) is 20.6. The molecule has 29 heavy (non-hydrogen) atoms. The Bertz CT molecular complexity index is 1050. The molecule has 0 aliphatic carbocycles. The van der Waals surface area contributed by atoms with Gasteiger partial charge < -0.3 is 10.1 Å². The Hall–Kier alpha value is -3.10. The lowest BCUT2D eigenvalue weighted by Gasteiger charge is -2.07. The molecule has 0 bridgehead atoms. The van der Waals surface area contributed by atoms with Crippen LogP contribution in [-0.4, -0.2) is 11.6 Å². The number of hydrogen-bond donors (Lipinski definition) is 1. The first-order valence-electron chi connectivity index (χ1n) is 9.74. The van der Waals surface area contributed by atoms with E-state index in [1.54, 1.807) is 6.20 Å². The molecule has 0 radical (unpaired) electrons. The zero-order valence-corrected chi connectivity index (χ0v) is 17.8. The molecule has 5 heteroatoms. The molecule has 2 aromatic carbocycles. The van der Waals surface area contributed by atoms with Gasteiger partial charge in [-0.2, -0.15) is 5.26 Å². The number of aryl methyl sites for hydroxylation is 2. The van der Waals surface area contributed by atoms with Crippen LogP contribution in [0.25, 0.3) is 16.8 Å². The average Bonchev–Trinajstić information content (AvgIpc) is 3.21. The maximum atomic E-state index is 9.60. The number of nitriles is 1. The van der Waals surface area contributed by atoms with E-state index < -0.39 is 0 Å². The van der Waals surface area contributed by atoms with Crippen molar-refractivity contribution in [2.75, 3.05) is 11.9 Å². The van der Waals surface area contributed by atoms with E-state index in [0.29, 0.717) is 17.2 Å². The van der Waals surface area contributed by atoms with Crippen molar-refractivity contribution in [3.05, 3.63) is 70.2 Å². The molecule has 0 saturated carbocycles. The average molecular weight is 404 g/mol. The van der Waals surface area contributed by atoms with Gasteiger partial charge in [0.2, 0.25) is 0 Å². The first-order valence-corrected chi connectivity index (χ1v) is 10.6. The van der Waals surface area contributed by atoms with Crippen molar-refractivity contribution in [2.24, 2.45) is 0 Å². The predicted octanol–water partition coefficient (Wildman–Crippen LogP) is 6.58. The number of ether oxygens (including phenoxy) is 1. The second kappa shape index (κ2) is 9.90. The summed E-state index contributed by atoms with van der Waals surface area (Å²) in [6, 6.07) is 16.3. The number of rotatable bonds is 8. The Morgan fingerprint density at radius 3 is 2.83 bits per heavy atom. The highest BCUT2D eigenvalue weighted by molar-refractivity contribution is 7.11. The molecule has 1 heterocycles. The van der Waals surface area contributed by atoms with Crippen molar-refractivity contribution in [1.29, 1.82) is 5.26 Å². The van der Waals surface area contributed by atoms with E-state index in [9.17, 15) is 5.26 Å². The van der Waals surface area contributed by atoms with Crippen LogP contribution in [0.3, 0.4) is 0 Å². The van der Waals surface area contributed by atoms with Crippen LogP contribution in [0, 0.1) is 25.2 Å². The SMILES string of the molecule is CCCCOc1cccc(N/C=C(\C#N)c2nc(-c3ccc(C)c(C)c3)cs2)c1. The first kappa shape index (κ1) is 20.6. The van der Waals surface area contributed by atoms with Crippen molar-refractivity contribution in [3.8, 4) is 23.1 Å². The van der Waals surface area contributed by atoms with Crippen LogP contribution in [0.4, 0.5) is 5.69 Å². The number of hydrogen-bond acceptors (Lipinski definition) is 5. The number of aromatic nitrogens is 1. The normalized spacial score (nSPS) is 11.2. The van der Waals surface area contributed by atoms with Crippen LogP contribution in [0.1, 0.15) is 35.9 Å². The van der Waals surface area contributed by atoms with Crippen LogP contribution < -0.4 is 10.1 Å². The molecule has 0 unspecified atom stereocenters. The van der Waals surface area contributed by atoms with Crippen molar-refractivity contribution in [2.45, 2.75) is 33.6 Å². The second-order valence-electron chi connectivity index (χ2n) is 6.88. The van der Waals surface area contributed by atoms with Gasteiger partial charge in [-0.1, -0.05) is 31.5 Å². The lowest BCUT2D eigenvalue weighted by molar-refractivity contribution is 0.309. The van der Waals surface area contributed by atoms with E-state index in [4.69, 9.17) is 4.74 Å². The number of anilines is 1. The molecule has 1 N–H and O–H groups in total. The number of allylic oxidation sites excluding steroid dienone is 1. The quantitative estimate of drug-likeness (QED) is 0.341. The number of benzene rings is 2. The van der Waals surface area contributed by atoms with Crippen LogP contribution >= 0.6 is 11.3 Å². The Labute approximate surface area is 176 Å². The fraction of sp³-hybridized carbons (Fsp3) is 0.250. The Balaban J connectivity index is 1.74. The molecule has 148 valence electrons. The molecule has 3 aromatic rings. The summed E-state index contributed by atoms with van der Waals surface area (Å²) >= 11 is 1.47. The summed E-state index contributed by atoms with van der Waals surface area (Å²) in [7, 11) is 0. The number of unbranched alkanes of at least 4 members (excludes halogenated alkanes) is 1. The first-order chi connectivity index (χ1) is 14.1. The van der Waals surface area contributed by atoms with Crippen LogP contribution in [0.2, 0.25) is 0 Å². The van der Waals surface area contributed by atoms with E-state index in [1.807, 2.05) is 29.6 Å². The summed E-state index contributed by atoms with van der Waals surface area (Å²) in [6.45, 7) is 7.04. The van der Waals surface area contributed by atoms with E-state index in [0.717, 1.165) is 35.5 Å².